The van der Waals surface area contributed by atoms with Crippen molar-refractivity contribution in [3.8, 4) is 0 Å². The van der Waals surface area contributed by atoms with E-state index >= 15 is 0 Å². The molecule has 5 heteroatoms. The number of hydrogen-bond acceptors (Lipinski definition) is 2. The average molecular weight is 381 g/mol. The van der Waals surface area contributed by atoms with E-state index < -0.39 is 6.04 Å². The largest absolute Gasteiger partial charge is 0.348 e. The fourth-order valence-corrected chi connectivity index (χ4v) is 3.73. The van der Waals surface area contributed by atoms with Crippen LogP contribution < -0.4 is 15.5 Å². The van der Waals surface area contributed by atoms with Crippen molar-refractivity contribution in [2.75, 3.05) is 18.9 Å². The third kappa shape index (κ3) is 4.98. The first kappa shape index (κ1) is 20.1. The molecule has 5 nitrogen and oxygen atoms in total. The molecule has 2 atom stereocenters. The minimum Gasteiger partial charge on any atom is -0.348 e. The Hall–Kier alpha value is -2.66. The number of carbonyl (C=O) groups is 2. The molecule has 1 unspecified atom stereocenters. The topological polar surface area (TPSA) is 62.6 Å². The van der Waals surface area contributed by atoms with Crippen LogP contribution in [-0.2, 0) is 9.59 Å². The molecule has 0 aliphatic heterocycles. The number of quaternary nitrogens is 1. The Balaban J connectivity index is 1.73. The van der Waals surface area contributed by atoms with Gasteiger partial charge in [0, 0.05) is 17.3 Å². The van der Waals surface area contributed by atoms with E-state index in [2.05, 4.69) is 22.8 Å². The van der Waals surface area contributed by atoms with Crippen LogP contribution in [0.15, 0.2) is 42.5 Å². The summed E-state index contributed by atoms with van der Waals surface area (Å²) in [5.74, 6) is -0.102. The number of benzene rings is 2. The van der Waals surface area contributed by atoms with Crippen molar-refractivity contribution in [3.05, 3.63) is 64.7 Å². The highest BCUT2D eigenvalue weighted by Gasteiger charge is 2.34. The summed E-state index contributed by atoms with van der Waals surface area (Å²) in [6.07, 6.45) is 2.08. The van der Waals surface area contributed by atoms with Gasteiger partial charge in [0.2, 0.25) is 0 Å². The first-order valence-electron chi connectivity index (χ1n) is 9.90. The van der Waals surface area contributed by atoms with E-state index in [0.717, 1.165) is 40.1 Å². The summed E-state index contributed by atoms with van der Waals surface area (Å²) < 4.78 is 0. The zero-order valence-corrected chi connectivity index (χ0v) is 17.1. The van der Waals surface area contributed by atoms with Crippen LogP contribution >= 0.6 is 0 Å². The lowest BCUT2D eigenvalue weighted by molar-refractivity contribution is -0.894. The van der Waals surface area contributed by atoms with Gasteiger partial charge in [-0.25, -0.2) is 0 Å². The van der Waals surface area contributed by atoms with Crippen LogP contribution in [0.25, 0.3) is 0 Å². The van der Waals surface area contributed by atoms with Gasteiger partial charge < -0.3 is 15.5 Å². The van der Waals surface area contributed by atoms with Gasteiger partial charge in [-0.05, 0) is 44.7 Å². The average Bonchev–Trinajstić information content (AvgIpc) is 3.43. The molecule has 0 radical (unpaired) electrons. The highest BCUT2D eigenvalue weighted by atomic mass is 16.2. The van der Waals surface area contributed by atoms with E-state index in [-0.39, 0.29) is 24.4 Å². The van der Waals surface area contributed by atoms with Gasteiger partial charge in [0.1, 0.15) is 0 Å². The maximum Gasteiger partial charge on any atom is 0.283 e. The summed E-state index contributed by atoms with van der Waals surface area (Å²) in [5, 5.41) is 6.13. The fraction of sp³-hybridized carbons (Fsp3) is 0.391. The molecule has 0 spiro atoms. The minimum absolute atomic E-state index is 0.0123. The molecule has 0 saturated heterocycles. The summed E-state index contributed by atoms with van der Waals surface area (Å²) in [4.78, 5) is 26.5. The van der Waals surface area contributed by atoms with Gasteiger partial charge in [-0.15, -0.1) is 0 Å². The van der Waals surface area contributed by atoms with Crippen LogP contribution in [0.4, 0.5) is 5.69 Å². The van der Waals surface area contributed by atoms with Gasteiger partial charge >= 0.3 is 0 Å². The predicted molar refractivity (Wildman–Crippen MR) is 111 cm³/mol. The molecule has 2 amide bonds. The summed E-state index contributed by atoms with van der Waals surface area (Å²) in [5.41, 5.74) is 5.07. The smallest absolute Gasteiger partial charge is 0.283 e. The lowest BCUT2D eigenvalue weighted by Gasteiger charge is -2.24. The quantitative estimate of drug-likeness (QED) is 0.689. The van der Waals surface area contributed by atoms with Crippen molar-refractivity contribution in [1.82, 2.24) is 5.32 Å². The molecule has 148 valence electrons. The second-order valence-electron chi connectivity index (χ2n) is 7.97. The first-order chi connectivity index (χ1) is 13.3. The number of anilines is 1. The van der Waals surface area contributed by atoms with Gasteiger partial charge in [-0.2, -0.15) is 0 Å². The summed E-state index contributed by atoms with van der Waals surface area (Å²) in [7, 11) is 1.90. The van der Waals surface area contributed by atoms with Crippen molar-refractivity contribution in [2.45, 2.75) is 45.7 Å². The molecule has 0 aromatic heterocycles. The number of amides is 2. The second kappa shape index (κ2) is 8.57. The van der Waals surface area contributed by atoms with Crippen molar-refractivity contribution in [1.29, 1.82) is 0 Å². The minimum atomic E-state index is -0.409. The Bertz CT molecular complexity index is 836. The van der Waals surface area contributed by atoms with E-state index in [1.165, 1.54) is 5.56 Å². The van der Waals surface area contributed by atoms with Crippen molar-refractivity contribution < 1.29 is 14.5 Å². The molecule has 2 aromatic carbocycles. The molecule has 1 saturated carbocycles. The highest BCUT2D eigenvalue weighted by Crippen LogP contribution is 2.22. The van der Waals surface area contributed by atoms with E-state index in [1.807, 2.05) is 58.2 Å². The van der Waals surface area contributed by atoms with Crippen LogP contribution in [0.2, 0.25) is 0 Å². The van der Waals surface area contributed by atoms with Gasteiger partial charge in [-0.1, -0.05) is 48.0 Å². The number of rotatable bonds is 7. The van der Waals surface area contributed by atoms with Crippen molar-refractivity contribution in [2.24, 2.45) is 0 Å². The Morgan fingerprint density at radius 3 is 2.25 bits per heavy atom. The molecular weight excluding hydrogens is 350 g/mol. The summed E-state index contributed by atoms with van der Waals surface area (Å²) >= 11 is 0. The molecule has 0 bridgehead atoms. The molecule has 3 N–H and O–H groups in total. The fourth-order valence-electron chi connectivity index (χ4n) is 3.73. The lowest BCUT2D eigenvalue weighted by Crippen LogP contribution is -3.11. The van der Waals surface area contributed by atoms with Gasteiger partial charge in [0.05, 0.1) is 7.05 Å². The molecule has 1 aliphatic rings. The SMILES string of the molecule is Cc1cc(C)c(NC(=O)C[NH+](C)[C@H](C(=O)NC2CC2)c2ccccc2)c(C)c1. The Morgan fingerprint density at radius 1 is 1.07 bits per heavy atom. The third-order valence-corrected chi connectivity index (χ3v) is 5.19. The maximum atomic E-state index is 12.9. The molecule has 0 heterocycles. The molecule has 1 fully saturated rings. The summed E-state index contributed by atoms with van der Waals surface area (Å²) in [6.45, 7) is 6.26. The third-order valence-electron chi connectivity index (χ3n) is 5.19. The maximum absolute atomic E-state index is 12.9. The number of hydrogen-bond donors (Lipinski definition) is 3. The highest BCUT2D eigenvalue weighted by molar-refractivity contribution is 5.93. The van der Waals surface area contributed by atoms with Crippen LogP contribution in [0.1, 0.15) is 41.1 Å². The van der Waals surface area contributed by atoms with Gasteiger partial charge in [-0.3, -0.25) is 9.59 Å². The van der Waals surface area contributed by atoms with E-state index in [4.69, 9.17) is 0 Å². The van der Waals surface area contributed by atoms with Crippen LogP contribution in [-0.4, -0.2) is 31.4 Å². The number of nitrogens with one attached hydrogen (secondary N) is 3. The van der Waals surface area contributed by atoms with Crippen LogP contribution in [0.3, 0.4) is 0 Å². The van der Waals surface area contributed by atoms with Gasteiger partial charge in [0.15, 0.2) is 12.6 Å². The Morgan fingerprint density at radius 2 is 1.68 bits per heavy atom. The standard InChI is InChI=1S/C23H29N3O2/c1-15-12-16(2)21(17(3)13-15)25-20(27)14-26(4)22(18-8-6-5-7-9-18)23(28)24-19-10-11-19/h5-9,12-13,19,22H,10-11,14H2,1-4H3,(H,24,28)(H,25,27)/p+1/t22-/m0/s1. The first-order valence-corrected chi connectivity index (χ1v) is 9.90. The zero-order chi connectivity index (χ0) is 20.3. The van der Waals surface area contributed by atoms with Crippen LogP contribution in [0, 0.1) is 20.8 Å². The Kier molecular flexibility index (Phi) is 6.15. The van der Waals surface area contributed by atoms with Gasteiger partial charge in [0.25, 0.3) is 11.8 Å². The number of carbonyl (C=O) groups excluding carboxylic acids is 2. The van der Waals surface area contributed by atoms with E-state index in [9.17, 15) is 9.59 Å². The number of likely N-dealkylation sites (N-methyl/N-ethyl adjacent to an activating group) is 1. The summed E-state index contributed by atoms with van der Waals surface area (Å²) in [6, 6.07) is 13.7. The van der Waals surface area contributed by atoms with Crippen LogP contribution in [0.5, 0.6) is 0 Å². The second-order valence-corrected chi connectivity index (χ2v) is 7.97. The van der Waals surface area contributed by atoms with Crippen molar-refractivity contribution >= 4 is 17.5 Å². The lowest BCUT2D eigenvalue weighted by atomic mass is 10.0. The number of aryl methyl sites for hydroxylation is 3. The molecule has 1 aliphatic carbocycles. The Labute approximate surface area is 167 Å². The molecule has 2 aromatic rings. The van der Waals surface area contributed by atoms with Crippen molar-refractivity contribution in [3.63, 3.8) is 0 Å². The normalized spacial score (nSPS) is 15.6. The molecule has 28 heavy (non-hydrogen) atoms. The monoisotopic (exact) mass is 380 g/mol. The molecular formula is C23H30N3O2+. The zero-order valence-electron chi connectivity index (χ0n) is 17.1. The van der Waals surface area contributed by atoms with E-state index in [1.54, 1.807) is 0 Å². The van der Waals surface area contributed by atoms with E-state index in [0.29, 0.717) is 0 Å². The molecule has 3 rings (SSSR count). The predicted octanol–water partition coefficient (Wildman–Crippen LogP) is 2.08.